The van der Waals surface area contributed by atoms with Gasteiger partial charge in [-0.05, 0) is 69.4 Å². The van der Waals surface area contributed by atoms with Gasteiger partial charge in [-0.2, -0.15) is 0 Å². The molecule has 32 heavy (non-hydrogen) atoms. The lowest BCUT2D eigenvalue weighted by molar-refractivity contribution is 0.0726. The summed E-state index contributed by atoms with van der Waals surface area (Å²) in [5.74, 6) is 0.503. The van der Waals surface area contributed by atoms with Crippen LogP contribution >= 0.6 is 0 Å². The third kappa shape index (κ3) is 4.79. The maximum atomic E-state index is 13.4. The zero-order valence-corrected chi connectivity index (χ0v) is 19.6. The number of nitrogens with zero attached hydrogens (tertiary/aromatic N) is 5. The zero-order valence-electron chi connectivity index (χ0n) is 19.6. The van der Waals surface area contributed by atoms with Gasteiger partial charge in [-0.15, -0.1) is 0 Å². The molecule has 3 aromatic rings. The molecule has 0 aliphatic carbocycles. The molecule has 2 aromatic heterocycles. The van der Waals surface area contributed by atoms with Gasteiger partial charge in [0.25, 0.3) is 5.91 Å². The van der Waals surface area contributed by atoms with Gasteiger partial charge in [-0.1, -0.05) is 29.8 Å². The van der Waals surface area contributed by atoms with Crippen LogP contribution in [0.4, 0.5) is 5.95 Å². The Labute approximate surface area is 190 Å². The van der Waals surface area contributed by atoms with E-state index in [0.717, 1.165) is 36.3 Å². The van der Waals surface area contributed by atoms with Gasteiger partial charge >= 0.3 is 0 Å². The maximum Gasteiger partial charge on any atom is 0.273 e. The summed E-state index contributed by atoms with van der Waals surface area (Å²) in [5, 5.41) is 0. The lowest BCUT2D eigenvalue weighted by atomic mass is 10.0. The third-order valence-corrected chi connectivity index (χ3v) is 5.84. The smallest absolute Gasteiger partial charge is 0.273 e. The Balaban J connectivity index is 1.62. The number of hydrogen-bond donors (Lipinski definition) is 0. The van der Waals surface area contributed by atoms with E-state index < -0.39 is 0 Å². The molecule has 166 valence electrons. The van der Waals surface area contributed by atoms with Crippen LogP contribution in [-0.2, 0) is 6.42 Å². The van der Waals surface area contributed by atoms with Crippen molar-refractivity contribution < 1.29 is 4.79 Å². The number of likely N-dealkylation sites (tertiary alicyclic amines) is 1. The van der Waals surface area contributed by atoms with Crippen molar-refractivity contribution in [3.63, 3.8) is 0 Å². The Bertz CT molecular complexity index is 1140. The standard InChI is InChI=1S/C26H31N5O/c1-17-8-6-9-20(12-17)15-21-13-18(2)27-22(16-21)24-10-7-11-31(24)25(32)23-14-19(3)28-26(29-23)30(4)5/h6,8-9,12-14,16,24H,7,10-11,15H2,1-5H3/t24-/m1/s1. The Hall–Kier alpha value is -3.28. The number of aromatic nitrogens is 3. The molecule has 0 unspecified atom stereocenters. The second kappa shape index (κ2) is 9.07. The van der Waals surface area contributed by atoms with Crippen LogP contribution in [0.2, 0.25) is 0 Å². The number of pyridine rings is 1. The molecular weight excluding hydrogens is 398 g/mol. The van der Waals surface area contributed by atoms with Gasteiger partial charge in [0.2, 0.25) is 5.95 Å². The van der Waals surface area contributed by atoms with E-state index in [9.17, 15) is 4.79 Å². The van der Waals surface area contributed by atoms with Gasteiger partial charge in [0, 0.05) is 32.0 Å². The van der Waals surface area contributed by atoms with Crippen molar-refractivity contribution in [3.8, 4) is 0 Å². The molecule has 1 fully saturated rings. The molecule has 0 spiro atoms. The van der Waals surface area contributed by atoms with Crippen molar-refractivity contribution in [2.45, 2.75) is 46.1 Å². The highest BCUT2D eigenvalue weighted by atomic mass is 16.2. The van der Waals surface area contributed by atoms with Crippen molar-refractivity contribution in [1.29, 1.82) is 0 Å². The summed E-state index contributed by atoms with van der Waals surface area (Å²) in [6.45, 7) is 6.76. The SMILES string of the molecule is Cc1cccc(Cc2cc(C)nc([C@H]3CCCN3C(=O)c3cc(C)nc(N(C)C)n3)c2)c1. The molecule has 6 nitrogen and oxygen atoms in total. The molecule has 1 saturated heterocycles. The highest BCUT2D eigenvalue weighted by Gasteiger charge is 2.33. The summed E-state index contributed by atoms with van der Waals surface area (Å²) in [7, 11) is 3.77. The highest BCUT2D eigenvalue weighted by Crippen LogP contribution is 2.33. The number of hydrogen-bond acceptors (Lipinski definition) is 5. The van der Waals surface area contributed by atoms with Crippen molar-refractivity contribution in [2.75, 3.05) is 25.5 Å². The topological polar surface area (TPSA) is 62.2 Å². The van der Waals surface area contributed by atoms with E-state index in [1.807, 2.05) is 37.7 Å². The Kier molecular flexibility index (Phi) is 6.21. The molecule has 4 rings (SSSR count). The number of carbonyl (C=O) groups excluding carboxylic acids is 1. The van der Waals surface area contributed by atoms with E-state index in [2.05, 4.69) is 53.3 Å². The fourth-order valence-corrected chi connectivity index (χ4v) is 4.43. The molecule has 0 saturated carbocycles. The lowest BCUT2D eigenvalue weighted by Gasteiger charge is -2.25. The maximum absolute atomic E-state index is 13.4. The fraction of sp³-hybridized carbons (Fsp3) is 0.385. The molecule has 0 N–H and O–H groups in total. The molecule has 1 aliphatic heterocycles. The summed E-state index contributed by atoms with van der Waals surface area (Å²) in [4.78, 5) is 31.0. The number of aryl methyl sites for hydroxylation is 3. The number of rotatable bonds is 5. The Morgan fingerprint density at radius 1 is 1.00 bits per heavy atom. The number of anilines is 1. The van der Waals surface area contributed by atoms with Crippen LogP contribution in [0.1, 0.15) is 63.1 Å². The molecule has 3 heterocycles. The van der Waals surface area contributed by atoms with Crippen molar-refractivity contribution in [1.82, 2.24) is 19.9 Å². The minimum atomic E-state index is -0.0513. The molecule has 1 atom stereocenters. The van der Waals surface area contributed by atoms with Gasteiger partial charge in [-0.3, -0.25) is 9.78 Å². The van der Waals surface area contributed by atoms with Crippen LogP contribution in [-0.4, -0.2) is 46.4 Å². The van der Waals surface area contributed by atoms with E-state index in [4.69, 9.17) is 4.98 Å². The van der Waals surface area contributed by atoms with Crippen molar-refractivity contribution >= 4 is 11.9 Å². The van der Waals surface area contributed by atoms with Crippen LogP contribution in [0.3, 0.4) is 0 Å². The highest BCUT2D eigenvalue weighted by molar-refractivity contribution is 5.93. The Morgan fingerprint density at radius 3 is 2.53 bits per heavy atom. The third-order valence-electron chi connectivity index (χ3n) is 5.84. The number of benzene rings is 1. The minimum Gasteiger partial charge on any atom is -0.347 e. The Morgan fingerprint density at radius 2 is 1.78 bits per heavy atom. The largest absolute Gasteiger partial charge is 0.347 e. The fourth-order valence-electron chi connectivity index (χ4n) is 4.43. The minimum absolute atomic E-state index is 0.0308. The quantitative estimate of drug-likeness (QED) is 0.600. The predicted octanol–water partition coefficient (Wildman–Crippen LogP) is 4.43. The normalized spacial score (nSPS) is 15.8. The summed E-state index contributed by atoms with van der Waals surface area (Å²) in [5.41, 5.74) is 6.96. The molecule has 1 amide bonds. The number of carbonyl (C=O) groups is 1. The van der Waals surface area contributed by atoms with E-state index >= 15 is 0 Å². The first-order valence-corrected chi connectivity index (χ1v) is 11.2. The van der Waals surface area contributed by atoms with E-state index in [1.165, 1.54) is 16.7 Å². The average molecular weight is 430 g/mol. The molecule has 6 heteroatoms. The van der Waals surface area contributed by atoms with Gasteiger partial charge in [0.05, 0.1) is 11.7 Å². The average Bonchev–Trinajstić information content (AvgIpc) is 3.22. The molecule has 0 radical (unpaired) electrons. The molecular formula is C26H31N5O. The summed E-state index contributed by atoms with van der Waals surface area (Å²) in [6, 6.07) is 14.7. The first-order chi connectivity index (χ1) is 15.3. The van der Waals surface area contributed by atoms with Crippen molar-refractivity contribution in [3.05, 3.63) is 81.9 Å². The summed E-state index contributed by atoms with van der Waals surface area (Å²) in [6.07, 6.45) is 2.73. The first-order valence-electron chi connectivity index (χ1n) is 11.2. The van der Waals surface area contributed by atoms with Crippen LogP contribution in [0.15, 0.2) is 42.5 Å². The summed E-state index contributed by atoms with van der Waals surface area (Å²) >= 11 is 0. The van der Waals surface area contributed by atoms with Crippen LogP contribution in [0.25, 0.3) is 0 Å². The van der Waals surface area contributed by atoms with Gasteiger partial charge < -0.3 is 9.80 Å². The predicted molar refractivity (Wildman–Crippen MR) is 127 cm³/mol. The summed E-state index contributed by atoms with van der Waals surface area (Å²) < 4.78 is 0. The molecule has 0 bridgehead atoms. The van der Waals surface area contributed by atoms with Crippen LogP contribution in [0.5, 0.6) is 0 Å². The van der Waals surface area contributed by atoms with Gasteiger partial charge in [0.15, 0.2) is 0 Å². The van der Waals surface area contributed by atoms with Crippen LogP contribution in [0, 0.1) is 20.8 Å². The monoisotopic (exact) mass is 429 g/mol. The molecule has 1 aliphatic rings. The van der Waals surface area contributed by atoms with Crippen molar-refractivity contribution in [2.24, 2.45) is 0 Å². The van der Waals surface area contributed by atoms with Gasteiger partial charge in [0.1, 0.15) is 5.69 Å². The van der Waals surface area contributed by atoms with Gasteiger partial charge in [-0.25, -0.2) is 9.97 Å². The first kappa shape index (κ1) is 21.9. The zero-order chi connectivity index (χ0) is 22.8. The van der Waals surface area contributed by atoms with E-state index in [0.29, 0.717) is 18.2 Å². The van der Waals surface area contributed by atoms with Crippen LogP contribution < -0.4 is 4.90 Å². The van der Waals surface area contributed by atoms with E-state index in [-0.39, 0.29) is 11.9 Å². The number of amides is 1. The van der Waals surface area contributed by atoms with E-state index in [1.54, 1.807) is 6.07 Å². The second-order valence-corrected chi connectivity index (χ2v) is 8.95. The lowest BCUT2D eigenvalue weighted by Crippen LogP contribution is -2.32. The second-order valence-electron chi connectivity index (χ2n) is 8.95. The molecule has 1 aromatic carbocycles.